The highest BCUT2D eigenvalue weighted by atomic mass is 32.2. The Hall–Kier alpha value is -3.26. The molecule has 1 aromatic heterocycles. The van der Waals surface area contributed by atoms with Crippen LogP contribution >= 0.6 is 0 Å². The lowest BCUT2D eigenvalue weighted by Gasteiger charge is -2.11. The minimum Gasteiger partial charge on any atom is -0.362 e. The quantitative estimate of drug-likeness (QED) is 0.669. The minimum atomic E-state index is -3.79. The number of aryl methyl sites for hydroxylation is 2. The second-order valence-corrected chi connectivity index (χ2v) is 9.41. The molecule has 0 radical (unpaired) electrons. The molecule has 0 atom stereocenters. The third kappa shape index (κ3) is 4.44. The lowest BCUT2D eigenvalue weighted by Crippen LogP contribution is -2.20. The molecule has 1 aliphatic heterocycles. The summed E-state index contributed by atoms with van der Waals surface area (Å²) in [6, 6.07) is 13.8. The van der Waals surface area contributed by atoms with Gasteiger partial charge in [-0.05, 0) is 62.7 Å². The lowest BCUT2D eigenvalue weighted by atomic mass is 10.1. The predicted molar refractivity (Wildman–Crippen MR) is 122 cm³/mol. The van der Waals surface area contributed by atoms with Crippen molar-refractivity contribution < 1.29 is 13.2 Å². The molecule has 1 N–H and O–H groups in total. The van der Waals surface area contributed by atoms with Crippen molar-refractivity contribution in [2.24, 2.45) is 4.40 Å². The average Bonchev–Trinajstić information content (AvgIpc) is 3.12. The van der Waals surface area contributed by atoms with Crippen LogP contribution in [0, 0.1) is 13.8 Å². The first-order chi connectivity index (χ1) is 14.7. The monoisotopic (exact) mass is 436 g/mol. The summed E-state index contributed by atoms with van der Waals surface area (Å²) in [6.07, 6.45) is 1.56. The van der Waals surface area contributed by atoms with E-state index >= 15 is 0 Å². The number of amidine groups is 1. The number of hydrogen-bond donors (Lipinski definition) is 1. The Balaban J connectivity index is 1.55. The van der Waals surface area contributed by atoms with Crippen LogP contribution in [0.5, 0.6) is 0 Å². The third-order valence-electron chi connectivity index (χ3n) is 5.38. The van der Waals surface area contributed by atoms with Gasteiger partial charge in [0.2, 0.25) is 0 Å². The zero-order chi connectivity index (χ0) is 22.2. The molecule has 2 heterocycles. The number of amides is 1. The average molecular weight is 437 g/mol. The molecule has 8 heteroatoms. The van der Waals surface area contributed by atoms with E-state index in [4.69, 9.17) is 0 Å². The number of aromatic nitrogens is 1. The maximum Gasteiger partial charge on any atom is 0.283 e. The fourth-order valence-corrected chi connectivity index (χ4v) is 4.73. The van der Waals surface area contributed by atoms with Crippen molar-refractivity contribution >= 4 is 38.4 Å². The van der Waals surface area contributed by atoms with Crippen molar-refractivity contribution in [3.63, 3.8) is 0 Å². The van der Waals surface area contributed by atoms with Crippen molar-refractivity contribution in [3.8, 4) is 0 Å². The summed E-state index contributed by atoms with van der Waals surface area (Å²) in [4.78, 5) is 19.3. The van der Waals surface area contributed by atoms with Crippen LogP contribution in [0.25, 0.3) is 10.9 Å². The molecule has 1 aliphatic rings. The summed E-state index contributed by atoms with van der Waals surface area (Å²) < 4.78 is 29.1. The molecule has 2 aromatic carbocycles. The summed E-state index contributed by atoms with van der Waals surface area (Å²) in [5.74, 6) is 0.281. The maximum atomic E-state index is 12.8. The van der Waals surface area contributed by atoms with Gasteiger partial charge in [0.15, 0.2) is 0 Å². The van der Waals surface area contributed by atoms with Gasteiger partial charge in [0, 0.05) is 31.1 Å². The van der Waals surface area contributed by atoms with Crippen LogP contribution in [-0.4, -0.2) is 43.6 Å². The van der Waals surface area contributed by atoms with E-state index in [-0.39, 0.29) is 10.8 Å². The predicted octanol–water partition coefficient (Wildman–Crippen LogP) is 3.92. The fourth-order valence-electron chi connectivity index (χ4n) is 3.63. The van der Waals surface area contributed by atoms with Crippen LogP contribution in [0.15, 0.2) is 57.8 Å². The van der Waals surface area contributed by atoms with Crippen molar-refractivity contribution in [2.75, 3.05) is 18.9 Å². The Labute approximate surface area is 181 Å². The zero-order valence-electron chi connectivity index (χ0n) is 17.7. The van der Waals surface area contributed by atoms with Gasteiger partial charge in [0.05, 0.1) is 21.7 Å². The Morgan fingerprint density at radius 3 is 2.52 bits per heavy atom. The second-order valence-electron chi connectivity index (χ2n) is 7.80. The smallest absolute Gasteiger partial charge is 0.283 e. The molecule has 1 saturated heterocycles. The topological polar surface area (TPSA) is 91.7 Å². The van der Waals surface area contributed by atoms with E-state index in [1.165, 1.54) is 12.1 Å². The number of sulfonamides is 1. The van der Waals surface area contributed by atoms with Gasteiger partial charge < -0.3 is 10.2 Å². The standard InChI is InChI=1S/C23H24N4O3S/c1-15-6-11-21-17(13-15)14-20(16(2)24-21)23(28)25-18-7-9-19(10-8-18)31(29,30)26-22-5-4-12-27(22)3/h6-11,13-14H,4-5,12H2,1-3H3,(H,25,28)/b26-22-. The highest BCUT2D eigenvalue weighted by molar-refractivity contribution is 7.90. The number of anilines is 1. The number of pyridine rings is 1. The SMILES string of the molecule is Cc1ccc2nc(C)c(C(=O)Nc3ccc(S(=O)(=O)/N=C4/CCCN4C)cc3)cc2c1. The number of hydrogen-bond acceptors (Lipinski definition) is 4. The van der Waals surface area contributed by atoms with Gasteiger partial charge in [-0.3, -0.25) is 9.78 Å². The molecule has 0 unspecified atom stereocenters. The van der Waals surface area contributed by atoms with Gasteiger partial charge >= 0.3 is 0 Å². The van der Waals surface area contributed by atoms with E-state index in [1.807, 2.05) is 43.1 Å². The number of carbonyl (C=O) groups is 1. The van der Waals surface area contributed by atoms with Crippen molar-refractivity contribution in [1.82, 2.24) is 9.88 Å². The Morgan fingerprint density at radius 2 is 1.84 bits per heavy atom. The van der Waals surface area contributed by atoms with E-state index in [2.05, 4.69) is 14.7 Å². The lowest BCUT2D eigenvalue weighted by molar-refractivity contribution is 0.102. The minimum absolute atomic E-state index is 0.0947. The number of fused-ring (bicyclic) bond motifs is 1. The molecule has 0 spiro atoms. The first kappa shape index (κ1) is 21.0. The first-order valence-corrected chi connectivity index (χ1v) is 11.5. The van der Waals surface area contributed by atoms with E-state index in [9.17, 15) is 13.2 Å². The van der Waals surface area contributed by atoms with E-state index in [1.54, 1.807) is 19.1 Å². The number of carbonyl (C=O) groups excluding carboxylic acids is 1. The van der Waals surface area contributed by atoms with Crippen LogP contribution in [0.2, 0.25) is 0 Å². The van der Waals surface area contributed by atoms with Gasteiger partial charge in [-0.1, -0.05) is 11.6 Å². The van der Waals surface area contributed by atoms with Gasteiger partial charge in [-0.25, -0.2) is 0 Å². The van der Waals surface area contributed by atoms with Crippen LogP contribution < -0.4 is 5.32 Å². The van der Waals surface area contributed by atoms with Crippen LogP contribution in [0.4, 0.5) is 5.69 Å². The van der Waals surface area contributed by atoms with E-state index in [0.717, 1.165) is 29.4 Å². The zero-order valence-corrected chi connectivity index (χ0v) is 18.5. The third-order valence-corrected chi connectivity index (χ3v) is 6.69. The number of nitrogens with one attached hydrogen (secondary N) is 1. The summed E-state index contributed by atoms with van der Waals surface area (Å²) in [5, 5.41) is 3.72. The molecule has 0 saturated carbocycles. The maximum absolute atomic E-state index is 12.8. The summed E-state index contributed by atoms with van der Waals surface area (Å²) >= 11 is 0. The van der Waals surface area contributed by atoms with Crippen molar-refractivity contribution in [2.45, 2.75) is 31.6 Å². The van der Waals surface area contributed by atoms with Gasteiger partial charge in [0.1, 0.15) is 5.84 Å². The molecule has 3 aromatic rings. The molecule has 1 fully saturated rings. The Kier molecular flexibility index (Phi) is 5.49. The Morgan fingerprint density at radius 1 is 1.10 bits per heavy atom. The molecular weight excluding hydrogens is 412 g/mol. The summed E-state index contributed by atoms with van der Waals surface area (Å²) in [5.41, 5.74) is 3.53. The largest absolute Gasteiger partial charge is 0.362 e. The highest BCUT2D eigenvalue weighted by Crippen LogP contribution is 2.22. The van der Waals surface area contributed by atoms with Gasteiger partial charge in [-0.15, -0.1) is 4.40 Å². The molecule has 0 bridgehead atoms. The molecule has 4 rings (SSSR count). The van der Waals surface area contributed by atoms with E-state index in [0.29, 0.717) is 29.2 Å². The van der Waals surface area contributed by atoms with Crippen LogP contribution in [0.3, 0.4) is 0 Å². The molecule has 1 amide bonds. The number of benzene rings is 2. The van der Waals surface area contributed by atoms with Crippen LogP contribution in [-0.2, 0) is 10.0 Å². The molecular formula is C23H24N4O3S. The van der Waals surface area contributed by atoms with Crippen molar-refractivity contribution in [1.29, 1.82) is 0 Å². The Bertz CT molecular complexity index is 1300. The van der Waals surface area contributed by atoms with E-state index < -0.39 is 10.0 Å². The molecule has 160 valence electrons. The van der Waals surface area contributed by atoms with Gasteiger partial charge in [0.25, 0.3) is 15.9 Å². The van der Waals surface area contributed by atoms with Crippen LogP contribution in [0.1, 0.15) is 34.5 Å². The number of likely N-dealkylation sites (tertiary alicyclic amines) is 1. The molecule has 31 heavy (non-hydrogen) atoms. The summed E-state index contributed by atoms with van der Waals surface area (Å²) in [6.45, 7) is 4.59. The second kappa shape index (κ2) is 8.11. The summed E-state index contributed by atoms with van der Waals surface area (Å²) in [7, 11) is -1.95. The molecule has 7 nitrogen and oxygen atoms in total. The first-order valence-electron chi connectivity index (χ1n) is 10.1. The van der Waals surface area contributed by atoms with Crippen molar-refractivity contribution in [3.05, 3.63) is 65.4 Å². The fraction of sp³-hybridized carbons (Fsp3) is 0.261. The molecule has 0 aliphatic carbocycles. The van der Waals surface area contributed by atoms with Gasteiger partial charge in [-0.2, -0.15) is 8.42 Å². The normalized spacial score (nSPS) is 15.6. The number of rotatable bonds is 4. The number of nitrogens with zero attached hydrogens (tertiary/aromatic N) is 3. The highest BCUT2D eigenvalue weighted by Gasteiger charge is 2.20.